The third kappa shape index (κ3) is 3.42. The van der Waals surface area contributed by atoms with Gasteiger partial charge in [0, 0.05) is 0 Å². The molecule has 1 aromatic rings. The van der Waals surface area contributed by atoms with E-state index in [0.717, 1.165) is 0 Å². The molecular weight excluding hydrogens is 186 g/mol. The minimum absolute atomic E-state index is 0.0278. The molecule has 1 heterocycles. The van der Waals surface area contributed by atoms with Crippen LogP contribution in [0.4, 0.5) is 5.69 Å². The highest BCUT2D eigenvalue weighted by molar-refractivity contribution is 7.99. The largest absolute Gasteiger partial charge is 0.323 e. The molecule has 0 atom stereocenters. The molecule has 1 amide bonds. The third-order valence-corrected chi connectivity index (χ3v) is 1.89. The Labute approximate surface area is 81.2 Å². The van der Waals surface area contributed by atoms with Gasteiger partial charge in [0.1, 0.15) is 5.82 Å². The van der Waals surface area contributed by atoms with Gasteiger partial charge in [-0.15, -0.1) is 0 Å². The lowest BCUT2D eigenvalue weighted by Crippen LogP contribution is -2.14. The molecule has 13 heavy (non-hydrogen) atoms. The summed E-state index contributed by atoms with van der Waals surface area (Å²) in [6.07, 6.45) is 5.08. The zero-order valence-corrected chi connectivity index (χ0v) is 8.39. The van der Waals surface area contributed by atoms with Crippen molar-refractivity contribution in [1.82, 2.24) is 9.97 Å². The van der Waals surface area contributed by atoms with Gasteiger partial charge in [-0.25, -0.2) is 9.97 Å². The number of rotatable bonds is 3. The van der Waals surface area contributed by atoms with Crippen LogP contribution in [-0.2, 0) is 4.79 Å². The van der Waals surface area contributed by atoms with Gasteiger partial charge in [-0.1, -0.05) is 0 Å². The fourth-order valence-corrected chi connectivity index (χ4v) is 1.12. The fourth-order valence-electron chi connectivity index (χ4n) is 0.785. The van der Waals surface area contributed by atoms with Crippen molar-refractivity contribution in [3.8, 4) is 0 Å². The second-order valence-electron chi connectivity index (χ2n) is 2.50. The molecule has 0 saturated heterocycles. The monoisotopic (exact) mass is 197 g/mol. The van der Waals surface area contributed by atoms with Crippen molar-refractivity contribution in [2.24, 2.45) is 0 Å². The van der Waals surface area contributed by atoms with Crippen molar-refractivity contribution in [1.29, 1.82) is 0 Å². The first-order valence-electron chi connectivity index (χ1n) is 3.80. The Balaban J connectivity index is 2.54. The van der Waals surface area contributed by atoms with E-state index in [-0.39, 0.29) is 5.91 Å². The van der Waals surface area contributed by atoms with Gasteiger partial charge in [-0.05, 0) is 13.2 Å². The number of anilines is 1. The summed E-state index contributed by atoms with van der Waals surface area (Å²) in [5.41, 5.74) is 0.643. The van der Waals surface area contributed by atoms with Crippen molar-refractivity contribution in [2.45, 2.75) is 6.92 Å². The Kier molecular flexibility index (Phi) is 3.70. The Morgan fingerprint density at radius 1 is 1.54 bits per heavy atom. The van der Waals surface area contributed by atoms with Crippen molar-refractivity contribution in [3.63, 3.8) is 0 Å². The van der Waals surface area contributed by atoms with Crippen LogP contribution in [0, 0.1) is 6.92 Å². The predicted molar refractivity (Wildman–Crippen MR) is 53.8 cm³/mol. The molecule has 0 aromatic carbocycles. The number of nitrogens with one attached hydrogen (secondary N) is 1. The summed E-state index contributed by atoms with van der Waals surface area (Å²) in [7, 11) is 0. The van der Waals surface area contributed by atoms with Gasteiger partial charge in [0.25, 0.3) is 0 Å². The number of nitrogens with zero attached hydrogens (tertiary/aromatic N) is 2. The van der Waals surface area contributed by atoms with E-state index in [1.54, 1.807) is 19.3 Å². The highest BCUT2D eigenvalue weighted by Gasteiger charge is 2.00. The molecule has 0 spiro atoms. The maximum absolute atomic E-state index is 11.1. The minimum atomic E-state index is -0.0278. The molecule has 0 fully saturated rings. The number of hydrogen-bond donors (Lipinski definition) is 1. The van der Waals surface area contributed by atoms with Crippen molar-refractivity contribution < 1.29 is 4.79 Å². The lowest BCUT2D eigenvalue weighted by molar-refractivity contribution is -0.113. The second-order valence-corrected chi connectivity index (χ2v) is 3.37. The summed E-state index contributed by atoms with van der Waals surface area (Å²) < 4.78 is 0. The van der Waals surface area contributed by atoms with E-state index in [9.17, 15) is 4.79 Å². The average Bonchev–Trinajstić information content (AvgIpc) is 2.09. The number of amides is 1. The lowest BCUT2D eigenvalue weighted by atomic mass is 10.5. The van der Waals surface area contributed by atoms with Gasteiger partial charge in [0.15, 0.2) is 0 Å². The van der Waals surface area contributed by atoms with Crippen LogP contribution in [0.25, 0.3) is 0 Å². The zero-order valence-electron chi connectivity index (χ0n) is 7.57. The van der Waals surface area contributed by atoms with Gasteiger partial charge < -0.3 is 5.32 Å². The molecule has 0 unspecified atom stereocenters. The molecule has 1 aromatic heterocycles. The Hall–Kier alpha value is -1.10. The summed E-state index contributed by atoms with van der Waals surface area (Å²) >= 11 is 1.48. The van der Waals surface area contributed by atoms with E-state index < -0.39 is 0 Å². The van der Waals surface area contributed by atoms with Gasteiger partial charge in [-0.3, -0.25) is 4.79 Å². The predicted octanol–water partition coefficient (Wildman–Crippen LogP) is 1.09. The van der Waals surface area contributed by atoms with Crippen molar-refractivity contribution >= 4 is 23.4 Å². The SMILES string of the molecule is CSCC(=O)Nc1cnc(C)nc1. The fraction of sp³-hybridized carbons (Fsp3) is 0.375. The highest BCUT2D eigenvalue weighted by atomic mass is 32.2. The van der Waals surface area contributed by atoms with Crippen LogP contribution in [0.2, 0.25) is 0 Å². The number of carbonyl (C=O) groups excluding carboxylic acids is 1. The third-order valence-electron chi connectivity index (χ3n) is 1.34. The second kappa shape index (κ2) is 4.81. The molecule has 0 saturated carbocycles. The standard InChI is InChI=1S/C8H11N3OS/c1-6-9-3-7(4-10-6)11-8(12)5-13-2/h3-4H,5H2,1-2H3,(H,11,12). The maximum Gasteiger partial charge on any atom is 0.234 e. The molecular formula is C8H11N3OS. The smallest absolute Gasteiger partial charge is 0.234 e. The average molecular weight is 197 g/mol. The first kappa shape index (κ1) is 9.98. The summed E-state index contributed by atoms with van der Waals surface area (Å²) in [4.78, 5) is 19.0. The molecule has 5 heteroatoms. The van der Waals surface area contributed by atoms with Crippen molar-refractivity contribution in [3.05, 3.63) is 18.2 Å². The van der Waals surface area contributed by atoms with E-state index in [0.29, 0.717) is 17.3 Å². The topological polar surface area (TPSA) is 54.9 Å². The summed E-state index contributed by atoms with van der Waals surface area (Å²) in [5.74, 6) is 1.12. The molecule has 0 aliphatic heterocycles. The Morgan fingerprint density at radius 3 is 2.69 bits per heavy atom. The normalized spacial score (nSPS) is 9.69. The summed E-state index contributed by atoms with van der Waals surface area (Å²) in [5, 5.41) is 2.69. The van der Waals surface area contributed by atoms with E-state index in [4.69, 9.17) is 0 Å². The Bertz CT molecular complexity index is 286. The first-order valence-corrected chi connectivity index (χ1v) is 5.19. The summed E-state index contributed by atoms with van der Waals surface area (Å²) in [6.45, 7) is 1.80. The molecule has 0 bridgehead atoms. The van der Waals surface area contributed by atoms with Crippen LogP contribution in [0.1, 0.15) is 5.82 Å². The first-order chi connectivity index (χ1) is 6.22. The van der Waals surface area contributed by atoms with Gasteiger partial charge in [0.05, 0.1) is 23.8 Å². The number of hydrogen-bond acceptors (Lipinski definition) is 4. The lowest BCUT2D eigenvalue weighted by Gasteiger charge is -2.02. The van der Waals surface area contributed by atoms with Crippen LogP contribution in [0.15, 0.2) is 12.4 Å². The molecule has 0 aliphatic carbocycles. The van der Waals surface area contributed by atoms with Gasteiger partial charge in [0.2, 0.25) is 5.91 Å². The van der Waals surface area contributed by atoms with E-state index in [1.807, 2.05) is 6.26 Å². The molecule has 1 rings (SSSR count). The molecule has 0 aliphatic rings. The van der Waals surface area contributed by atoms with Crippen LogP contribution in [0.3, 0.4) is 0 Å². The molecule has 0 radical (unpaired) electrons. The molecule has 4 nitrogen and oxygen atoms in total. The van der Waals surface area contributed by atoms with Gasteiger partial charge in [-0.2, -0.15) is 11.8 Å². The number of aromatic nitrogens is 2. The number of carbonyl (C=O) groups is 1. The van der Waals surface area contributed by atoms with Crippen LogP contribution < -0.4 is 5.32 Å². The maximum atomic E-state index is 11.1. The van der Waals surface area contributed by atoms with E-state index in [1.165, 1.54) is 11.8 Å². The highest BCUT2D eigenvalue weighted by Crippen LogP contribution is 2.03. The summed E-state index contributed by atoms with van der Waals surface area (Å²) in [6, 6.07) is 0. The van der Waals surface area contributed by atoms with Crippen LogP contribution in [-0.4, -0.2) is 27.9 Å². The van der Waals surface area contributed by atoms with E-state index >= 15 is 0 Å². The molecule has 1 N–H and O–H groups in total. The van der Waals surface area contributed by atoms with E-state index in [2.05, 4.69) is 15.3 Å². The zero-order chi connectivity index (χ0) is 9.68. The Morgan fingerprint density at radius 2 is 2.15 bits per heavy atom. The minimum Gasteiger partial charge on any atom is -0.323 e. The quantitative estimate of drug-likeness (QED) is 0.788. The number of thioether (sulfide) groups is 1. The van der Waals surface area contributed by atoms with Gasteiger partial charge >= 0.3 is 0 Å². The van der Waals surface area contributed by atoms with Crippen LogP contribution >= 0.6 is 11.8 Å². The number of aryl methyl sites for hydroxylation is 1. The van der Waals surface area contributed by atoms with Crippen LogP contribution in [0.5, 0.6) is 0 Å². The van der Waals surface area contributed by atoms with Crippen molar-refractivity contribution in [2.75, 3.05) is 17.3 Å². The molecule has 70 valence electrons.